The van der Waals surface area contributed by atoms with Gasteiger partial charge in [0.25, 0.3) is 0 Å². The van der Waals surface area contributed by atoms with Crippen LogP contribution in [-0.2, 0) is 4.79 Å². The van der Waals surface area contributed by atoms with Gasteiger partial charge in [0.2, 0.25) is 5.91 Å². The fraction of sp³-hybridized carbons (Fsp3) is 0.421. The molecular weight excluding hydrogens is 314 g/mol. The van der Waals surface area contributed by atoms with Crippen molar-refractivity contribution in [2.75, 3.05) is 36.9 Å². The Labute approximate surface area is 148 Å². The zero-order valence-corrected chi connectivity index (χ0v) is 15.3. The van der Waals surface area contributed by atoms with Gasteiger partial charge < -0.3 is 10.2 Å². The van der Waals surface area contributed by atoms with Gasteiger partial charge >= 0.3 is 0 Å². The summed E-state index contributed by atoms with van der Waals surface area (Å²) in [5, 5.41) is 2.95. The Balaban J connectivity index is 1.49. The van der Waals surface area contributed by atoms with Crippen molar-refractivity contribution in [3.05, 3.63) is 47.4 Å². The first-order chi connectivity index (χ1) is 11.9. The van der Waals surface area contributed by atoms with Crippen LogP contribution in [0.1, 0.15) is 17.1 Å². The van der Waals surface area contributed by atoms with Crippen LogP contribution in [-0.4, -0.2) is 53.5 Å². The minimum atomic E-state index is 0.0125. The number of aryl methyl sites for hydroxylation is 3. The average molecular weight is 339 g/mol. The van der Waals surface area contributed by atoms with Crippen molar-refractivity contribution >= 4 is 17.4 Å². The van der Waals surface area contributed by atoms with Crippen molar-refractivity contribution in [2.24, 2.45) is 0 Å². The predicted octanol–water partition coefficient (Wildman–Crippen LogP) is 2.16. The zero-order chi connectivity index (χ0) is 18.0. The van der Waals surface area contributed by atoms with Crippen molar-refractivity contribution < 1.29 is 4.79 Å². The van der Waals surface area contributed by atoms with E-state index in [0.717, 1.165) is 36.1 Å². The Bertz CT molecular complexity index is 733. The van der Waals surface area contributed by atoms with Crippen molar-refractivity contribution in [1.29, 1.82) is 0 Å². The number of hydrogen-bond donors (Lipinski definition) is 1. The van der Waals surface area contributed by atoms with Gasteiger partial charge in [-0.15, -0.1) is 0 Å². The topological polar surface area (TPSA) is 61.4 Å². The third-order valence-electron chi connectivity index (χ3n) is 4.49. The van der Waals surface area contributed by atoms with E-state index < -0.39 is 0 Å². The van der Waals surface area contributed by atoms with Crippen LogP contribution >= 0.6 is 0 Å². The third kappa shape index (κ3) is 4.33. The quantitative estimate of drug-likeness (QED) is 0.904. The Morgan fingerprint density at radius 3 is 2.52 bits per heavy atom. The molecule has 0 unspecified atom stereocenters. The van der Waals surface area contributed by atoms with Gasteiger partial charge in [-0.1, -0.05) is 17.7 Å². The number of rotatable bonds is 5. The lowest BCUT2D eigenvalue weighted by Gasteiger charge is -2.44. The lowest BCUT2D eigenvalue weighted by molar-refractivity contribution is -0.117. The second kappa shape index (κ2) is 7.19. The lowest BCUT2D eigenvalue weighted by atomic mass is 10.1. The molecule has 0 spiro atoms. The van der Waals surface area contributed by atoms with E-state index in [1.165, 1.54) is 5.56 Å². The molecule has 0 bridgehead atoms. The number of carbonyl (C=O) groups excluding carboxylic acids is 1. The van der Waals surface area contributed by atoms with Gasteiger partial charge in [-0.25, -0.2) is 9.97 Å². The van der Waals surface area contributed by atoms with Crippen LogP contribution < -0.4 is 10.2 Å². The highest BCUT2D eigenvalue weighted by molar-refractivity contribution is 5.92. The molecule has 1 fully saturated rings. The number of carbonyl (C=O) groups is 1. The van der Waals surface area contributed by atoms with Crippen LogP contribution in [0.4, 0.5) is 11.5 Å². The standard InChI is InChI=1S/C19H25N5O/c1-13-5-7-16(8-6-13)22-19(25)12-23(4)17-10-24(11-17)18-9-14(2)20-15(3)21-18/h5-9,17H,10-12H2,1-4H3,(H,22,25). The van der Waals surface area contributed by atoms with Gasteiger partial charge in [0, 0.05) is 36.6 Å². The number of amides is 1. The smallest absolute Gasteiger partial charge is 0.238 e. The normalized spacial score (nSPS) is 14.5. The van der Waals surface area contributed by atoms with E-state index in [1.807, 2.05) is 58.2 Å². The summed E-state index contributed by atoms with van der Waals surface area (Å²) in [5.74, 6) is 1.78. The molecule has 1 N–H and O–H groups in total. The maximum Gasteiger partial charge on any atom is 0.238 e. The molecule has 2 heterocycles. The molecule has 25 heavy (non-hydrogen) atoms. The third-order valence-corrected chi connectivity index (χ3v) is 4.49. The highest BCUT2D eigenvalue weighted by Gasteiger charge is 2.31. The second-order valence-corrected chi connectivity index (χ2v) is 6.80. The highest BCUT2D eigenvalue weighted by Crippen LogP contribution is 2.22. The van der Waals surface area contributed by atoms with Gasteiger partial charge in [0.05, 0.1) is 6.54 Å². The minimum Gasteiger partial charge on any atom is -0.353 e. The van der Waals surface area contributed by atoms with Crippen molar-refractivity contribution in [2.45, 2.75) is 26.8 Å². The van der Waals surface area contributed by atoms with Crippen LogP contribution in [0.2, 0.25) is 0 Å². The van der Waals surface area contributed by atoms with Gasteiger partial charge in [-0.2, -0.15) is 0 Å². The summed E-state index contributed by atoms with van der Waals surface area (Å²) < 4.78 is 0. The molecule has 0 saturated carbocycles. The summed E-state index contributed by atoms with van der Waals surface area (Å²) in [6, 6.07) is 10.2. The Hall–Kier alpha value is -2.47. The maximum atomic E-state index is 12.2. The molecule has 1 aromatic carbocycles. The summed E-state index contributed by atoms with van der Waals surface area (Å²) in [6.07, 6.45) is 0. The Kier molecular flexibility index (Phi) is 4.99. The Morgan fingerprint density at radius 1 is 1.20 bits per heavy atom. The number of nitrogens with zero attached hydrogens (tertiary/aromatic N) is 4. The van der Waals surface area contributed by atoms with E-state index >= 15 is 0 Å². The average Bonchev–Trinajstić information content (AvgIpc) is 2.47. The van der Waals surface area contributed by atoms with E-state index in [-0.39, 0.29) is 5.91 Å². The van der Waals surface area contributed by atoms with Crippen LogP contribution in [0.15, 0.2) is 30.3 Å². The second-order valence-electron chi connectivity index (χ2n) is 6.80. The number of aromatic nitrogens is 2. The zero-order valence-electron chi connectivity index (χ0n) is 15.3. The molecule has 3 rings (SSSR count). The molecule has 1 aromatic heterocycles. The molecule has 6 nitrogen and oxygen atoms in total. The van der Waals surface area contributed by atoms with Crippen LogP contribution in [0.5, 0.6) is 0 Å². The fourth-order valence-electron chi connectivity index (χ4n) is 2.97. The predicted molar refractivity (Wildman–Crippen MR) is 99.9 cm³/mol. The SMILES string of the molecule is Cc1ccc(NC(=O)CN(C)C2CN(c3cc(C)nc(C)n3)C2)cc1. The summed E-state index contributed by atoms with van der Waals surface area (Å²) in [5.41, 5.74) is 3.00. The van der Waals surface area contributed by atoms with E-state index in [4.69, 9.17) is 0 Å². The molecule has 1 amide bonds. The molecule has 0 aliphatic carbocycles. The van der Waals surface area contributed by atoms with E-state index in [9.17, 15) is 4.79 Å². The first kappa shape index (κ1) is 17.4. The molecule has 6 heteroatoms. The van der Waals surface area contributed by atoms with Crippen molar-refractivity contribution in [1.82, 2.24) is 14.9 Å². The summed E-state index contributed by atoms with van der Waals surface area (Å²) in [7, 11) is 1.99. The van der Waals surface area contributed by atoms with Gasteiger partial charge in [-0.3, -0.25) is 9.69 Å². The first-order valence-corrected chi connectivity index (χ1v) is 8.55. The monoisotopic (exact) mass is 339 g/mol. The maximum absolute atomic E-state index is 12.2. The summed E-state index contributed by atoms with van der Waals surface area (Å²) in [4.78, 5) is 25.3. The highest BCUT2D eigenvalue weighted by atomic mass is 16.2. The summed E-state index contributed by atoms with van der Waals surface area (Å²) in [6.45, 7) is 8.07. The number of likely N-dealkylation sites (N-methyl/N-ethyl adjacent to an activating group) is 1. The largest absolute Gasteiger partial charge is 0.353 e. The molecule has 1 aliphatic heterocycles. The lowest BCUT2D eigenvalue weighted by Crippen LogP contribution is -2.59. The fourth-order valence-corrected chi connectivity index (χ4v) is 2.97. The molecular formula is C19H25N5O. The number of benzene rings is 1. The van der Waals surface area contributed by atoms with Crippen LogP contribution in [0.3, 0.4) is 0 Å². The number of hydrogen-bond acceptors (Lipinski definition) is 5. The Morgan fingerprint density at radius 2 is 1.88 bits per heavy atom. The van der Waals surface area contributed by atoms with E-state index in [2.05, 4.69) is 25.1 Å². The van der Waals surface area contributed by atoms with Crippen LogP contribution in [0.25, 0.3) is 0 Å². The first-order valence-electron chi connectivity index (χ1n) is 8.55. The van der Waals surface area contributed by atoms with Gasteiger partial charge in [0.15, 0.2) is 0 Å². The molecule has 132 valence electrons. The summed E-state index contributed by atoms with van der Waals surface area (Å²) >= 11 is 0. The van der Waals surface area contributed by atoms with E-state index in [1.54, 1.807) is 0 Å². The van der Waals surface area contributed by atoms with Gasteiger partial charge in [-0.05, 0) is 40.0 Å². The van der Waals surface area contributed by atoms with Crippen molar-refractivity contribution in [3.8, 4) is 0 Å². The van der Waals surface area contributed by atoms with Crippen LogP contribution in [0, 0.1) is 20.8 Å². The molecule has 1 aliphatic rings. The minimum absolute atomic E-state index is 0.0125. The number of anilines is 2. The molecule has 1 saturated heterocycles. The van der Waals surface area contributed by atoms with Gasteiger partial charge in [0.1, 0.15) is 11.6 Å². The van der Waals surface area contributed by atoms with E-state index in [0.29, 0.717) is 12.6 Å². The molecule has 0 atom stereocenters. The molecule has 0 radical (unpaired) electrons. The molecule has 2 aromatic rings. The van der Waals surface area contributed by atoms with Crippen molar-refractivity contribution in [3.63, 3.8) is 0 Å². The number of nitrogens with one attached hydrogen (secondary N) is 1.